The molecule has 0 saturated heterocycles. The minimum Gasteiger partial charge on any atom is -0.465 e. The summed E-state index contributed by atoms with van der Waals surface area (Å²) in [6, 6.07) is 3.05. The van der Waals surface area contributed by atoms with Crippen LogP contribution in [-0.2, 0) is 16.1 Å². The van der Waals surface area contributed by atoms with Crippen LogP contribution in [0.5, 0.6) is 0 Å². The molecule has 0 unspecified atom stereocenters. The Morgan fingerprint density at radius 1 is 1.37 bits per heavy atom. The SMILES string of the molecule is CCOC(=O)Cn1c(=O)cnc2cc(Cl)c(Cl)cc21. The van der Waals surface area contributed by atoms with E-state index in [1.807, 2.05) is 0 Å². The summed E-state index contributed by atoms with van der Waals surface area (Å²) in [4.78, 5) is 27.3. The van der Waals surface area contributed by atoms with Gasteiger partial charge in [-0.25, -0.2) is 4.98 Å². The molecule has 0 bridgehead atoms. The molecule has 0 aliphatic carbocycles. The minimum absolute atomic E-state index is 0.191. The maximum atomic E-state index is 11.8. The number of hydrogen-bond acceptors (Lipinski definition) is 4. The highest BCUT2D eigenvalue weighted by molar-refractivity contribution is 6.42. The Morgan fingerprint density at radius 3 is 2.74 bits per heavy atom. The lowest BCUT2D eigenvalue weighted by atomic mass is 10.3. The summed E-state index contributed by atoms with van der Waals surface area (Å²) in [6.07, 6.45) is 1.13. The van der Waals surface area contributed by atoms with E-state index in [1.54, 1.807) is 13.0 Å². The molecule has 2 rings (SSSR count). The van der Waals surface area contributed by atoms with Crippen LogP contribution in [0.2, 0.25) is 10.0 Å². The first-order chi connectivity index (χ1) is 9.02. The van der Waals surface area contributed by atoms with E-state index in [0.717, 1.165) is 6.20 Å². The highest BCUT2D eigenvalue weighted by Crippen LogP contribution is 2.26. The predicted molar refractivity (Wildman–Crippen MR) is 72.7 cm³/mol. The highest BCUT2D eigenvalue weighted by atomic mass is 35.5. The molecule has 1 aromatic heterocycles. The van der Waals surface area contributed by atoms with Gasteiger partial charge in [-0.15, -0.1) is 0 Å². The van der Waals surface area contributed by atoms with E-state index in [9.17, 15) is 9.59 Å². The van der Waals surface area contributed by atoms with Gasteiger partial charge in [0.05, 0.1) is 33.9 Å². The van der Waals surface area contributed by atoms with Gasteiger partial charge < -0.3 is 4.74 Å². The lowest BCUT2D eigenvalue weighted by molar-refractivity contribution is -0.143. The monoisotopic (exact) mass is 300 g/mol. The van der Waals surface area contributed by atoms with Gasteiger partial charge in [0.2, 0.25) is 0 Å². The van der Waals surface area contributed by atoms with Crippen molar-refractivity contribution in [3.05, 3.63) is 38.7 Å². The van der Waals surface area contributed by atoms with Crippen molar-refractivity contribution in [3.63, 3.8) is 0 Å². The van der Waals surface area contributed by atoms with Gasteiger partial charge in [-0.1, -0.05) is 23.2 Å². The van der Waals surface area contributed by atoms with Gasteiger partial charge in [-0.2, -0.15) is 0 Å². The Hall–Kier alpha value is -1.59. The van der Waals surface area contributed by atoms with E-state index in [0.29, 0.717) is 21.1 Å². The third-order valence-corrected chi connectivity index (χ3v) is 3.20. The number of hydrogen-bond donors (Lipinski definition) is 0. The van der Waals surface area contributed by atoms with Crippen LogP contribution in [0, 0.1) is 0 Å². The molecule has 100 valence electrons. The van der Waals surface area contributed by atoms with E-state index in [-0.39, 0.29) is 13.2 Å². The molecule has 0 fully saturated rings. The number of benzene rings is 1. The first-order valence-corrected chi connectivity index (χ1v) is 6.28. The second kappa shape index (κ2) is 5.59. The van der Waals surface area contributed by atoms with Crippen molar-refractivity contribution in [3.8, 4) is 0 Å². The van der Waals surface area contributed by atoms with Crippen LogP contribution in [0.1, 0.15) is 6.92 Å². The summed E-state index contributed by atoms with van der Waals surface area (Å²) in [5.41, 5.74) is 0.521. The Bertz CT molecular complexity index is 697. The van der Waals surface area contributed by atoms with Crippen LogP contribution in [-0.4, -0.2) is 22.1 Å². The second-order valence-electron chi connectivity index (χ2n) is 3.74. The molecule has 1 aromatic carbocycles. The van der Waals surface area contributed by atoms with Crippen LogP contribution in [0.15, 0.2) is 23.1 Å². The first-order valence-electron chi connectivity index (χ1n) is 5.53. The lowest BCUT2D eigenvalue weighted by Gasteiger charge is -2.09. The lowest BCUT2D eigenvalue weighted by Crippen LogP contribution is -2.25. The standard InChI is InChI=1S/C12H10Cl2N2O3/c1-2-19-12(18)6-16-10-4-8(14)7(13)3-9(10)15-5-11(16)17/h3-5H,2,6H2,1H3. The van der Waals surface area contributed by atoms with Crippen molar-refractivity contribution in [2.24, 2.45) is 0 Å². The molecule has 0 radical (unpaired) electrons. The van der Waals surface area contributed by atoms with Gasteiger partial charge >= 0.3 is 5.97 Å². The van der Waals surface area contributed by atoms with Crippen molar-refractivity contribution in [2.75, 3.05) is 6.61 Å². The van der Waals surface area contributed by atoms with Gasteiger partial charge in [0.1, 0.15) is 6.54 Å². The minimum atomic E-state index is -0.497. The molecule has 0 N–H and O–H groups in total. The molecule has 0 saturated carbocycles. The van der Waals surface area contributed by atoms with Crippen LogP contribution in [0.4, 0.5) is 0 Å². The van der Waals surface area contributed by atoms with Crippen molar-refractivity contribution in [1.29, 1.82) is 0 Å². The normalized spacial score (nSPS) is 10.7. The summed E-state index contributed by atoms with van der Waals surface area (Å²) in [7, 11) is 0. The van der Waals surface area contributed by atoms with E-state index in [2.05, 4.69) is 4.98 Å². The third kappa shape index (κ3) is 2.88. The maximum Gasteiger partial charge on any atom is 0.326 e. The molecule has 5 nitrogen and oxygen atoms in total. The molecule has 19 heavy (non-hydrogen) atoms. The Labute approximate surface area is 118 Å². The summed E-state index contributed by atoms with van der Waals surface area (Å²) in [6.45, 7) is 1.76. The number of fused-ring (bicyclic) bond motifs is 1. The zero-order chi connectivity index (χ0) is 14.0. The topological polar surface area (TPSA) is 61.2 Å². The third-order valence-electron chi connectivity index (χ3n) is 2.48. The van der Waals surface area contributed by atoms with Crippen LogP contribution in [0.3, 0.4) is 0 Å². The highest BCUT2D eigenvalue weighted by Gasteiger charge is 2.11. The molecule has 0 aliphatic rings. The molecule has 1 heterocycles. The van der Waals surface area contributed by atoms with Crippen LogP contribution < -0.4 is 5.56 Å². The van der Waals surface area contributed by atoms with Gasteiger partial charge in [0.15, 0.2) is 0 Å². The van der Waals surface area contributed by atoms with Gasteiger partial charge in [-0.05, 0) is 19.1 Å². The maximum absolute atomic E-state index is 11.8. The largest absolute Gasteiger partial charge is 0.465 e. The summed E-state index contributed by atoms with van der Waals surface area (Å²) in [5.74, 6) is -0.497. The fourth-order valence-corrected chi connectivity index (χ4v) is 1.97. The van der Waals surface area contributed by atoms with Crippen molar-refractivity contribution >= 4 is 40.2 Å². The second-order valence-corrected chi connectivity index (χ2v) is 4.56. The van der Waals surface area contributed by atoms with Gasteiger partial charge in [0, 0.05) is 0 Å². The Kier molecular flexibility index (Phi) is 4.07. The van der Waals surface area contributed by atoms with E-state index in [1.165, 1.54) is 10.6 Å². The van der Waals surface area contributed by atoms with Crippen LogP contribution in [0.25, 0.3) is 11.0 Å². The number of rotatable bonds is 3. The summed E-state index contributed by atoms with van der Waals surface area (Å²) in [5, 5.41) is 0.627. The average molecular weight is 301 g/mol. The Morgan fingerprint density at radius 2 is 2.05 bits per heavy atom. The van der Waals surface area contributed by atoms with Crippen LogP contribution >= 0.6 is 23.2 Å². The van der Waals surface area contributed by atoms with E-state index in [4.69, 9.17) is 27.9 Å². The van der Waals surface area contributed by atoms with Gasteiger partial charge in [-0.3, -0.25) is 14.2 Å². The smallest absolute Gasteiger partial charge is 0.326 e. The molecule has 2 aromatic rings. The van der Waals surface area contributed by atoms with E-state index >= 15 is 0 Å². The van der Waals surface area contributed by atoms with Crippen molar-refractivity contribution in [1.82, 2.24) is 9.55 Å². The Balaban J connectivity index is 2.58. The molecule has 0 amide bonds. The first kappa shape index (κ1) is 13.8. The van der Waals surface area contributed by atoms with Gasteiger partial charge in [0.25, 0.3) is 5.56 Å². The molecular formula is C12H10Cl2N2O3. The fraction of sp³-hybridized carbons (Fsp3) is 0.250. The van der Waals surface area contributed by atoms with Crippen molar-refractivity contribution in [2.45, 2.75) is 13.5 Å². The average Bonchev–Trinajstić information content (AvgIpc) is 2.36. The fourth-order valence-electron chi connectivity index (χ4n) is 1.66. The number of esters is 1. The number of nitrogens with zero attached hydrogens (tertiary/aromatic N) is 2. The van der Waals surface area contributed by atoms with E-state index < -0.39 is 11.5 Å². The number of carbonyl (C=O) groups excluding carboxylic acids is 1. The molecule has 0 spiro atoms. The number of carbonyl (C=O) groups is 1. The number of halogens is 2. The predicted octanol–water partition coefficient (Wildman–Crippen LogP) is 2.27. The zero-order valence-corrected chi connectivity index (χ0v) is 11.5. The zero-order valence-electron chi connectivity index (χ0n) is 10.0. The molecule has 0 atom stereocenters. The quantitative estimate of drug-likeness (QED) is 0.816. The number of aromatic nitrogens is 2. The summed E-state index contributed by atoms with van der Waals surface area (Å²) < 4.78 is 6.08. The molecule has 0 aliphatic heterocycles. The van der Waals surface area contributed by atoms with Crippen molar-refractivity contribution < 1.29 is 9.53 Å². The molecule has 7 heteroatoms. The molecular weight excluding hydrogens is 291 g/mol. The number of ether oxygens (including phenoxy) is 1. The summed E-state index contributed by atoms with van der Waals surface area (Å²) >= 11 is 11.8.